The predicted molar refractivity (Wildman–Crippen MR) is 143 cm³/mol. The van der Waals surface area contributed by atoms with Gasteiger partial charge in [0.25, 0.3) is 5.91 Å². The molecule has 1 amide bonds. The van der Waals surface area contributed by atoms with Crippen molar-refractivity contribution in [3.63, 3.8) is 0 Å². The van der Waals surface area contributed by atoms with Crippen LogP contribution in [0, 0.1) is 0 Å². The summed E-state index contributed by atoms with van der Waals surface area (Å²) in [5.41, 5.74) is 3.93. The van der Waals surface area contributed by atoms with Crippen molar-refractivity contribution in [2.45, 2.75) is 46.4 Å². The Balaban J connectivity index is 1.78. The van der Waals surface area contributed by atoms with E-state index in [0.717, 1.165) is 34.0 Å². The van der Waals surface area contributed by atoms with E-state index < -0.39 is 0 Å². The fourth-order valence-electron chi connectivity index (χ4n) is 4.23. The van der Waals surface area contributed by atoms with Gasteiger partial charge in [-0.2, -0.15) is 0 Å². The van der Waals surface area contributed by atoms with E-state index in [2.05, 4.69) is 5.32 Å². The van der Waals surface area contributed by atoms with E-state index in [0.29, 0.717) is 17.9 Å². The summed E-state index contributed by atoms with van der Waals surface area (Å²) in [6.45, 7) is 8.58. The molecule has 0 aliphatic carbocycles. The largest absolute Gasteiger partial charge is 0.497 e. The molecule has 3 aromatic carbocycles. The molecule has 0 saturated heterocycles. The maximum Gasteiger partial charge on any atom is 0.270 e. The second-order valence-corrected chi connectivity index (χ2v) is 8.91. The van der Waals surface area contributed by atoms with Crippen molar-refractivity contribution in [2.75, 3.05) is 7.11 Å². The number of hydrogen-bond acceptors (Lipinski definition) is 4. The predicted octanol–water partition coefficient (Wildman–Crippen LogP) is 6.52. The van der Waals surface area contributed by atoms with Gasteiger partial charge in [0, 0.05) is 17.7 Å². The van der Waals surface area contributed by atoms with Crippen LogP contribution >= 0.6 is 0 Å². The number of carbonyl (C=O) groups excluding carboxylic acids is 1. The molecule has 0 spiro atoms. The second-order valence-electron chi connectivity index (χ2n) is 8.91. The highest BCUT2D eigenvalue weighted by molar-refractivity contribution is 6.00. The topological polar surface area (TPSA) is 65.4 Å². The van der Waals surface area contributed by atoms with Crippen LogP contribution in [-0.4, -0.2) is 28.7 Å². The van der Waals surface area contributed by atoms with Gasteiger partial charge in [-0.25, -0.2) is 4.98 Å². The Hall–Kier alpha value is -4.06. The lowest BCUT2D eigenvalue weighted by Crippen LogP contribution is -2.29. The van der Waals surface area contributed by atoms with E-state index in [1.807, 2.05) is 111 Å². The maximum absolute atomic E-state index is 13.8. The molecule has 4 rings (SSSR count). The number of carbonyl (C=O) groups is 1. The molecule has 0 bridgehead atoms. The third kappa shape index (κ3) is 5.43. The van der Waals surface area contributed by atoms with Crippen LogP contribution in [0.25, 0.3) is 22.6 Å². The Kier molecular flexibility index (Phi) is 7.74. The molecule has 1 atom stereocenters. The number of methoxy groups -OCH3 is 1. The number of nitrogens with one attached hydrogen (secondary N) is 1. The van der Waals surface area contributed by atoms with E-state index in [-0.39, 0.29) is 18.1 Å². The first-order chi connectivity index (χ1) is 17.4. The lowest BCUT2D eigenvalue weighted by Gasteiger charge is -2.17. The Labute approximate surface area is 212 Å². The summed E-state index contributed by atoms with van der Waals surface area (Å²) < 4.78 is 13.2. The first kappa shape index (κ1) is 25.0. The standard InChI is InChI=1S/C30H33N3O3/c1-6-33-28(30(34)31-21(4)22-15-17-25(35-5)18-16-22)27(32-29(33)23-11-8-7-9-12-23)24-13-10-14-26(19-24)36-20(2)3/h7-21H,6H2,1-5H3,(H,31,34)/t21-/m0/s1. The molecule has 36 heavy (non-hydrogen) atoms. The normalized spacial score (nSPS) is 11.8. The summed E-state index contributed by atoms with van der Waals surface area (Å²) in [5.74, 6) is 2.10. The Morgan fingerprint density at radius 1 is 0.917 bits per heavy atom. The van der Waals surface area contributed by atoms with Crippen LogP contribution < -0.4 is 14.8 Å². The zero-order chi connectivity index (χ0) is 25.7. The second kappa shape index (κ2) is 11.1. The van der Waals surface area contributed by atoms with Gasteiger partial charge in [0.15, 0.2) is 0 Å². The fourth-order valence-corrected chi connectivity index (χ4v) is 4.23. The molecule has 6 nitrogen and oxygen atoms in total. The monoisotopic (exact) mass is 483 g/mol. The summed E-state index contributed by atoms with van der Waals surface area (Å²) in [4.78, 5) is 18.8. The minimum Gasteiger partial charge on any atom is -0.497 e. The fraction of sp³-hybridized carbons (Fsp3) is 0.267. The van der Waals surface area contributed by atoms with E-state index >= 15 is 0 Å². The highest BCUT2D eigenvalue weighted by Crippen LogP contribution is 2.32. The minimum atomic E-state index is -0.202. The number of rotatable bonds is 9. The molecular formula is C30H33N3O3. The van der Waals surface area contributed by atoms with Gasteiger partial charge >= 0.3 is 0 Å². The van der Waals surface area contributed by atoms with Crippen molar-refractivity contribution in [3.8, 4) is 34.1 Å². The van der Waals surface area contributed by atoms with Gasteiger partial charge in [-0.1, -0.05) is 54.6 Å². The van der Waals surface area contributed by atoms with Gasteiger partial charge in [-0.3, -0.25) is 4.79 Å². The molecule has 4 aromatic rings. The van der Waals surface area contributed by atoms with Crippen LogP contribution in [0.3, 0.4) is 0 Å². The third-order valence-corrected chi connectivity index (χ3v) is 5.97. The van der Waals surface area contributed by atoms with E-state index in [9.17, 15) is 4.79 Å². The van der Waals surface area contributed by atoms with E-state index in [1.54, 1.807) is 7.11 Å². The van der Waals surface area contributed by atoms with Gasteiger partial charge in [-0.05, 0) is 57.5 Å². The van der Waals surface area contributed by atoms with Crippen molar-refractivity contribution < 1.29 is 14.3 Å². The lowest BCUT2D eigenvalue weighted by molar-refractivity contribution is 0.0931. The number of nitrogens with zero attached hydrogens (tertiary/aromatic N) is 2. The number of amides is 1. The molecule has 1 heterocycles. The molecular weight excluding hydrogens is 450 g/mol. The highest BCUT2D eigenvalue weighted by atomic mass is 16.5. The Morgan fingerprint density at radius 3 is 2.25 bits per heavy atom. The van der Waals surface area contributed by atoms with Gasteiger partial charge in [0.1, 0.15) is 28.7 Å². The third-order valence-electron chi connectivity index (χ3n) is 5.97. The quantitative estimate of drug-likeness (QED) is 0.294. The summed E-state index contributed by atoms with van der Waals surface area (Å²) in [6, 6.07) is 25.2. The SMILES string of the molecule is CCn1c(-c2ccccc2)nc(-c2cccc(OC(C)C)c2)c1C(=O)N[C@@H](C)c1ccc(OC)cc1. The zero-order valence-corrected chi connectivity index (χ0v) is 21.5. The number of imidazole rings is 1. The first-order valence-electron chi connectivity index (χ1n) is 12.3. The number of ether oxygens (including phenoxy) is 2. The van der Waals surface area contributed by atoms with Crippen LogP contribution in [0.1, 0.15) is 49.8 Å². The molecule has 1 N–H and O–H groups in total. The molecule has 1 aromatic heterocycles. The van der Waals surface area contributed by atoms with Crippen LogP contribution in [0.5, 0.6) is 11.5 Å². The van der Waals surface area contributed by atoms with Crippen LogP contribution in [0.4, 0.5) is 0 Å². The molecule has 0 aliphatic heterocycles. The number of benzene rings is 3. The van der Waals surface area contributed by atoms with Crippen molar-refractivity contribution in [1.82, 2.24) is 14.9 Å². The summed E-state index contributed by atoms with van der Waals surface area (Å²) in [6.07, 6.45) is 0.0430. The molecule has 0 fully saturated rings. The Morgan fingerprint density at radius 2 is 1.61 bits per heavy atom. The first-order valence-corrected chi connectivity index (χ1v) is 12.3. The van der Waals surface area contributed by atoms with Gasteiger partial charge < -0.3 is 19.4 Å². The van der Waals surface area contributed by atoms with Crippen LogP contribution in [0.15, 0.2) is 78.9 Å². The van der Waals surface area contributed by atoms with Crippen molar-refractivity contribution >= 4 is 5.91 Å². The molecule has 6 heteroatoms. The molecule has 186 valence electrons. The van der Waals surface area contributed by atoms with Gasteiger partial charge in [0.2, 0.25) is 0 Å². The highest BCUT2D eigenvalue weighted by Gasteiger charge is 2.25. The Bertz CT molecular complexity index is 1310. The van der Waals surface area contributed by atoms with Gasteiger partial charge in [-0.15, -0.1) is 0 Å². The average Bonchev–Trinajstić information content (AvgIpc) is 3.29. The van der Waals surface area contributed by atoms with E-state index in [4.69, 9.17) is 14.5 Å². The summed E-state index contributed by atoms with van der Waals surface area (Å²) in [7, 11) is 1.64. The number of aromatic nitrogens is 2. The molecule has 0 aliphatic rings. The lowest BCUT2D eigenvalue weighted by atomic mass is 10.1. The zero-order valence-electron chi connectivity index (χ0n) is 21.5. The van der Waals surface area contributed by atoms with E-state index in [1.165, 1.54) is 0 Å². The average molecular weight is 484 g/mol. The van der Waals surface area contributed by atoms with Crippen LogP contribution in [0.2, 0.25) is 0 Å². The summed E-state index contributed by atoms with van der Waals surface area (Å²) >= 11 is 0. The maximum atomic E-state index is 13.8. The van der Waals surface area contributed by atoms with Crippen molar-refractivity contribution in [2.24, 2.45) is 0 Å². The van der Waals surface area contributed by atoms with Crippen molar-refractivity contribution in [1.29, 1.82) is 0 Å². The molecule has 0 saturated carbocycles. The smallest absolute Gasteiger partial charge is 0.270 e. The van der Waals surface area contributed by atoms with Gasteiger partial charge in [0.05, 0.1) is 19.3 Å². The summed E-state index contributed by atoms with van der Waals surface area (Å²) in [5, 5.41) is 3.17. The number of hydrogen-bond donors (Lipinski definition) is 1. The molecule has 0 radical (unpaired) electrons. The van der Waals surface area contributed by atoms with Crippen LogP contribution in [-0.2, 0) is 6.54 Å². The van der Waals surface area contributed by atoms with Crippen molar-refractivity contribution in [3.05, 3.63) is 90.1 Å². The molecule has 0 unspecified atom stereocenters. The minimum absolute atomic E-state index is 0.0430.